The lowest BCUT2D eigenvalue weighted by molar-refractivity contribution is 0.152. The summed E-state index contributed by atoms with van der Waals surface area (Å²) in [6.07, 6.45) is -0.148. The van der Waals surface area contributed by atoms with Crippen LogP contribution in [0.4, 0.5) is 4.79 Å². The lowest BCUT2D eigenvalue weighted by atomic mass is 10.3. The van der Waals surface area contributed by atoms with E-state index in [1.807, 2.05) is 22.8 Å². The smallest absolute Gasteiger partial charge is 0.404 e. The van der Waals surface area contributed by atoms with Gasteiger partial charge in [-0.15, -0.1) is 11.6 Å². The van der Waals surface area contributed by atoms with Gasteiger partial charge in [-0.2, -0.15) is 0 Å². The molecule has 7 heteroatoms. The number of amides is 1. The van der Waals surface area contributed by atoms with Gasteiger partial charge in [0.2, 0.25) is 0 Å². The maximum Gasteiger partial charge on any atom is 0.404 e. The first-order valence-corrected chi connectivity index (χ1v) is 6.70. The highest BCUT2D eigenvalue weighted by atomic mass is 35.5. The predicted molar refractivity (Wildman–Crippen MR) is 76.2 cm³/mol. The Morgan fingerprint density at radius 3 is 2.95 bits per heavy atom. The SMILES string of the molecule is COc1ccc2c(c1)nc(CCCl)n2CCOC(N)=O. The summed E-state index contributed by atoms with van der Waals surface area (Å²) in [5.41, 5.74) is 6.72. The van der Waals surface area contributed by atoms with E-state index in [1.54, 1.807) is 7.11 Å². The first-order valence-electron chi connectivity index (χ1n) is 6.17. The number of nitrogens with two attached hydrogens (primary N) is 1. The Labute approximate surface area is 121 Å². The highest BCUT2D eigenvalue weighted by Gasteiger charge is 2.11. The van der Waals surface area contributed by atoms with Crippen molar-refractivity contribution >= 4 is 28.7 Å². The van der Waals surface area contributed by atoms with Crippen LogP contribution in [0.25, 0.3) is 11.0 Å². The third-order valence-electron chi connectivity index (χ3n) is 2.91. The molecule has 0 aliphatic rings. The Balaban J connectivity index is 2.32. The molecule has 0 spiro atoms. The Morgan fingerprint density at radius 2 is 2.30 bits per heavy atom. The minimum Gasteiger partial charge on any atom is -0.497 e. The summed E-state index contributed by atoms with van der Waals surface area (Å²) in [6.45, 7) is 0.681. The number of hydrogen-bond donors (Lipinski definition) is 1. The molecular formula is C13H16ClN3O3. The van der Waals surface area contributed by atoms with Crippen LogP contribution in [0.1, 0.15) is 5.82 Å². The first-order chi connectivity index (χ1) is 9.65. The number of aryl methyl sites for hydroxylation is 1. The summed E-state index contributed by atoms with van der Waals surface area (Å²) >= 11 is 5.80. The zero-order valence-corrected chi connectivity index (χ0v) is 11.9. The summed E-state index contributed by atoms with van der Waals surface area (Å²) in [7, 11) is 1.61. The van der Waals surface area contributed by atoms with Crippen LogP contribution < -0.4 is 10.5 Å². The number of carbonyl (C=O) groups is 1. The molecule has 0 atom stereocenters. The van der Waals surface area contributed by atoms with Crippen LogP contribution in [0, 0.1) is 0 Å². The molecule has 2 aromatic rings. The van der Waals surface area contributed by atoms with Crippen molar-refractivity contribution < 1.29 is 14.3 Å². The number of ether oxygens (including phenoxy) is 2. The summed E-state index contributed by atoms with van der Waals surface area (Å²) in [4.78, 5) is 15.2. The highest BCUT2D eigenvalue weighted by Crippen LogP contribution is 2.22. The van der Waals surface area contributed by atoms with Gasteiger partial charge in [-0.3, -0.25) is 0 Å². The molecule has 0 saturated carbocycles. The van der Waals surface area contributed by atoms with E-state index in [-0.39, 0.29) is 6.61 Å². The number of halogens is 1. The second-order valence-electron chi connectivity index (χ2n) is 4.14. The summed E-state index contributed by atoms with van der Waals surface area (Å²) in [5, 5.41) is 0. The van der Waals surface area contributed by atoms with Crippen LogP contribution in [0.15, 0.2) is 18.2 Å². The third kappa shape index (κ3) is 3.14. The van der Waals surface area contributed by atoms with Crippen molar-refractivity contribution in [3.63, 3.8) is 0 Å². The maximum atomic E-state index is 10.6. The summed E-state index contributed by atoms with van der Waals surface area (Å²) in [5.74, 6) is 2.06. The number of methoxy groups -OCH3 is 1. The second-order valence-corrected chi connectivity index (χ2v) is 4.52. The molecule has 0 aliphatic heterocycles. The van der Waals surface area contributed by atoms with E-state index in [4.69, 9.17) is 26.8 Å². The summed E-state index contributed by atoms with van der Waals surface area (Å²) in [6, 6.07) is 5.64. The summed E-state index contributed by atoms with van der Waals surface area (Å²) < 4.78 is 11.9. The van der Waals surface area contributed by atoms with E-state index in [0.717, 1.165) is 22.6 Å². The highest BCUT2D eigenvalue weighted by molar-refractivity contribution is 6.17. The van der Waals surface area contributed by atoms with Crippen molar-refractivity contribution in [3.8, 4) is 5.75 Å². The van der Waals surface area contributed by atoms with Crippen LogP contribution in [0.3, 0.4) is 0 Å². The predicted octanol–water partition coefficient (Wildman–Crippen LogP) is 1.92. The van der Waals surface area contributed by atoms with Crippen molar-refractivity contribution in [2.45, 2.75) is 13.0 Å². The first kappa shape index (κ1) is 14.5. The molecule has 0 unspecified atom stereocenters. The number of fused-ring (bicyclic) bond motifs is 1. The fourth-order valence-electron chi connectivity index (χ4n) is 2.05. The van der Waals surface area contributed by atoms with E-state index in [0.29, 0.717) is 18.8 Å². The third-order valence-corrected chi connectivity index (χ3v) is 3.10. The van der Waals surface area contributed by atoms with Crippen molar-refractivity contribution in [1.82, 2.24) is 9.55 Å². The van der Waals surface area contributed by atoms with Crippen LogP contribution >= 0.6 is 11.6 Å². The molecule has 0 radical (unpaired) electrons. The molecule has 6 nitrogen and oxygen atoms in total. The molecule has 1 aromatic carbocycles. The number of benzene rings is 1. The van der Waals surface area contributed by atoms with E-state index in [2.05, 4.69) is 4.98 Å². The normalized spacial score (nSPS) is 10.7. The topological polar surface area (TPSA) is 79.4 Å². The fourth-order valence-corrected chi connectivity index (χ4v) is 2.22. The largest absolute Gasteiger partial charge is 0.497 e. The van der Waals surface area contributed by atoms with Gasteiger partial charge < -0.3 is 19.8 Å². The number of primary amides is 1. The average molecular weight is 298 g/mol. The molecule has 1 amide bonds. The lowest BCUT2D eigenvalue weighted by Gasteiger charge is -2.08. The fraction of sp³-hybridized carbons (Fsp3) is 0.385. The standard InChI is InChI=1S/C13H16ClN3O3/c1-19-9-2-3-11-10(8-9)16-12(4-5-14)17(11)6-7-20-13(15)18/h2-3,8H,4-7H2,1H3,(H2,15,18). The molecule has 0 fully saturated rings. The molecule has 0 aliphatic carbocycles. The number of rotatable bonds is 6. The van der Waals surface area contributed by atoms with E-state index in [9.17, 15) is 4.79 Å². The van der Waals surface area contributed by atoms with Crippen molar-refractivity contribution in [1.29, 1.82) is 0 Å². The van der Waals surface area contributed by atoms with Gasteiger partial charge in [0, 0.05) is 18.4 Å². The van der Waals surface area contributed by atoms with Gasteiger partial charge in [0.25, 0.3) is 0 Å². The number of imidazole rings is 1. The molecule has 2 N–H and O–H groups in total. The van der Waals surface area contributed by atoms with Gasteiger partial charge in [0.05, 0.1) is 24.7 Å². The van der Waals surface area contributed by atoms with Gasteiger partial charge in [-0.1, -0.05) is 0 Å². The quantitative estimate of drug-likeness (QED) is 0.826. The van der Waals surface area contributed by atoms with Gasteiger partial charge in [-0.25, -0.2) is 9.78 Å². The Hall–Kier alpha value is -1.95. The van der Waals surface area contributed by atoms with Gasteiger partial charge >= 0.3 is 6.09 Å². The monoisotopic (exact) mass is 297 g/mol. The number of carbonyl (C=O) groups excluding carboxylic acids is 1. The van der Waals surface area contributed by atoms with E-state index >= 15 is 0 Å². The molecule has 2 rings (SSSR count). The average Bonchev–Trinajstić information content (AvgIpc) is 2.76. The molecule has 108 valence electrons. The lowest BCUT2D eigenvalue weighted by Crippen LogP contribution is -2.17. The number of alkyl halides is 1. The van der Waals surface area contributed by atoms with Crippen molar-refractivity contribution in [3.05, 3.63) is 24.0 Å². The number of aromatic nitrogens is 2. The van der Waals surface area contributed by atoms with Crippen LogP contribution in [0.5, 0.6) is 5.75 Å². The van der Waals surface area contributed by atoms with Gasteiger partial charge in [0.15, 0.2) is 0 Å². The molecule has 0 saturated heterocycles. The zero-order chi connectivity index (χ0) is 14.5. The Morgan fingerprint density at radius 1 is 1.50 bits per heavy atom. The zero-order valence-electron chi connectivity index (χ0n) is 11.1. The maximum absolute atomic E-state index is 10.6. The molecule has 1 aromatic heterocycles. The molecular weight excluding hydrogens is 282 g/mol. The van der Waals surface area contributed by atoms with Gasteiger partial charge in [0.1, 0.15) is 18.2 Å². The molecule has 20 heavy (non-hydrogen) atoms. The van der Waals surface area contributed by atoms with Gasteiger partial charge in [-0.05, 0) is 12.1 Å². The molecule has 1 heterocycles. The number of hydrogen-bond acceptors (Lipinski definition) is 4. The van der Waals surface area contributed by atoms with E-state index in [1.165, 1.54) is 0 Å². The Kier molecular flexibility index (Phi) is 4.68. The van der Waals surface area contributed by atoms with Crippen LogP contribution in [-0.2, 0) is 17.7 Å². The minimum atomic E-state index is -0.782. The molecule has 0 bridgehead atoms. The minimum absolute atomic E-state index is 0.197. The van der Waals surface area contributed by atoms with Crippen molar-refractivity contribution in [2.24, 2.45) is 5.73 Å². The van der Waals surface area contributed by atoms with E-state index < -0.39 is 6.09 Å². The number of nitrogens with zero attached hydrogens (tertiary/aromatic N) is 2. The second kappa shape index (κ2) is 6.47. The Bertz CT molecular complexity index is 612. The van der Waals surface area contributed by atoms with Crippen LogP contribution in [0.2, 0.25) is 0 Å². The van der Waals surface area contributed by atoms with Crippen molar-refractivity contribution in [2.75, 3.05) is 19.6 Å². The van der Waals surface area contributed by atoms with Crippen LogP contribution in [-0.4, -0.2) is 35.2 Å².